The number of hydrogen-bond acceptors (Lipinski definition) is 3. The summed E-state index contributed by atoms with van der Waals surface area (Å²) in [5.74, 6) is 0.929. The fourth-order valence-electron chi connectivity index (χ4n) is 2.01. The number of nitrogens with zero attached hydrogens (tertiary/aromatic N) is 2. The van der Waals surface area contributed by atoms with Crippen molar-refractivity contribution in [1.82, 2.24) is 9.97 Å². The van der Waals surface area contributed by atoms with Gasteiger partial charge >= 0.3 is 0 Å². The summed E-state index contributed by atoms with van der Waals surface area (Å²) in [6, 6.07) is 0. The van der Waals surface area contributed by atoms with Crippen LogP contribution in [-0.4, -0.2) is 17.0 Å². The summed E-state index contributed by atoms with van der Waals surface area (Å²) >= 11 is 0. The van der Waals surface area contributed by atoms with Crippen LogP contribution in [0.5, 0.6) is 0 Å². The molecule has 0 radical (unpaired) electrons. The molecule has 0 aliphatic heterocycles. The molecule has 0 saturated carbocycles. The summed E-state index contributed by atoms with van der Waals surface area (Å²) < 4.78 is 0. The van der Waals surface area contributed by atoms with Crippen molar-refractivity contribution in [3.8, 4) is 0 Å². The van der Waals surface area contributed by atoms with Crippen molar-refractivity contribution in [1.29, 1.82) is 0 Å². The number of aromatic nitrogens is 2. The topological polar surface area (TPSA) is 37.8 Å². The van der Waals surface area contributed by atoms with Gasteiger partial charge in [0.25, 0.3) is 0 Å². The van der Waals surface area contributed by atoms with Crippen LogP contribution in [0.15, 0.2) is 12.4 Å². The monoisotopic (exact) mass is 235 g/mol. The van der Waals surface area contributed by atoms with Gasteiger partial charge in [-0.1, -0.05) is 45.4 Å². The predicted octanol–water partition coefficient (Wildman–Crippen LogP) is 3.81. The highest BCUT2D eigenvalue weighted by atomic mass is 15.0. The third kappa shape index (κ3) is 5.66. The number of rotatable bonds is 9. The molecule has 0 bridgehead atoms. The lowest BCUT2D eigenvalue weighted by molar-refractivity contribution is 0.587. The van der Waals surface area contributed by atoms with Gasteiger partial charge in [0, 0.05) is 19.4 Å². The van der Waals surface area contributed by atoms with E-state index >= 15 is 0 Å². The zero-order valence-corrected chi connectivity index (χ0v) is 11.2. The smallest absolute Gasteiger partial charge is 0.147 e. The van der Waals surface area contributed by atoms with Crippen LogP contribution in [0, 0.1) is 0 Å². The molecule has 0 fully saturated rings. The zero-order valence-electron chi connectivity index (χ0n) is 11.2. The van der Waals surface area contributed by atoms with E-state index < -0.39 is 0 Å². The van der Waals surface area contributed by atoms with Gasteiger partial charge in [-0.25, -0.2) is 4.98 Å². The van der Waals surface area contributed by atoms with E-state index in [-0.39, 0.29) is 0 Å². The second-order valence-electron chi connectivity index (χ2n) is 4.47. The third-order valence-corrected chi connectivity index (χ3v) is 3.03. The van der Waals surface area contributed by atoms with Crippen LogP contribution < -0.4 is 5.32 Å². The summed E-state index contributed by atoms with van der Waals surface area (Å²) in [7, 11) is 1.90. The van der Waals surface area contributed by atoms with E-state index in [1.807, 2.05) is 7.05 Å². The molecule has 0 aliphatic rings. The van der Waals surface area contributed by atoms with E-state index in [1.165, 1.54) is 44.9 Å². The molecule has 1 rings (SSSR count). The van der Waals surface area contributed by atoms with E-state index in [4.69, 9.17) is 0 Å². The first-order valence-corrected chi connectivity index (χ1v) is 6.86. The summed E-state index contributed by atoms with van der Waals surface area (Å²) in [5, 5.41) is 3.09. The van der Waals surface area contributed by atoms with Crippen molar-refractivity contribution >= 4 is 5.82 Å². The molecule has 0 atom stereocenters. The second kappa shape index (κ2) is 8.97. The highest BCUT2D eigenvalue weighted by Crippen LogP contribution is 2.13. The Hall–Kier alpha value is -1.12. The summed E-state index contributed by atoms with van der Waals surface area (Å²) in [6.45, 7) is 2.26. The maximum Gasteiger partial charge on any atom is 0.147 e. The van der Waals surface area contributed by atoms with Crippen LogP contribution in [0.4, 0.5) is 5.82 Å². The van der Waals surface area contributed by atoms with Gasteiger partial charge in [-0.05, 0) is 12.8 Å². The molecule has 3 heteroatoms. The first-order valence-electron chi connectivity index (χ1n) is 6.86. The molecule has 1 aromatic rings. The van der Waals surface area contributed by atoms with Crippen LogP contribution in [0.3, 0.4) is 0 Å². The average molecular weight is 235 g/mol. The molecule has 0 unspecified atom stereocenters. The Balaban J connectivity index is 2.13. The van der Waals surface area contributed by atoms with Gasteiger partial charge in [0.1, 0.15) is 5.82 Å². The second-order valence-corrected chi connectivity index (χ2v) is 4.47. The van der Waals surface area contributed by atoms with E-state index in [0.29, 0.717) is 0 Å². The van der Waals surface area contributed by atoms with Gasteiger partial charge in [0.05, 0.1) is 5.69 Å². The lowest BCUT2D eigenvalue weighted by atomic mass is 10.1. The maximum atomic E-state index is 4.37. The molecular weight excluding hydrogens is 210 g/mol. The Kier molecular flexibility index (Phi) is 7.35. The minimum absolute atomic E-state index is 0.929. The predicted molar refractivity (Wildman–Crippen MR) is 73.3 cm³/mol. The largest absolute Gasteiger partial charge is 0.372 e. The van der Waals surface area contributed by atoms with Crippen molar-refractivity contribution in [2.75, 3.05) is 12.4 Å². The molecule has 1 heterocycles. The molecule has 0 spiro atoms. The molecule has 0 aromatic carbocycles. The van der Waals surface area contributed by atoms with Crippen LogP contribution in [-0.2, 0) is 6.42 Å². The Morgan fingerprint density at radius 3 is 2.29 bits per heavy atom. The number of hydrogen-bond donors (Lipinski definition) is 1. The number of unbranched alkanes of at least 4 members (excludes halogenated alkanes) is 6. The molecular formula is C14H25N3. The molecule has 3 nitrogen and oxygen atoms in total. The van der Waals surface area contributed by atoms with Crippen LogP contribution in [0.25, 0.3) is 0 Å². The van der Waals surface area contributed by atoms with Gasteiger partial charge in [0.15, 0.2) is 0 Å². The summed E-state index contributed by atoms with van der Waals surface area (Å²) in [4.78, 5) is 8.63. The maximum absolute atomic E-state index is 4.37. The van der Waals surface area contributed by atoms with E-state index in [1.54, 1.807) is 12.4 Å². The fourth-order valence-corrected chi connectivity index (χ4v) is 2.01. The number of anilines is 1. The van der Waals surface area contributed by atoms with Gasteiger partial charge in [0.2, 0.25) is 0 Å². The highest BCUT2D eigenvalue weighted by molar-refractivity contribution is 5.38. The molecule has 96 valence electrons. The molecule has 1 N–H and O–H groups in total. The average Bonchev–Trinajstić information content (AvgIpc) is 2.38. The fraction of sp³-hybridized carbons (Fsp3) is 0.714. The molecule has 17 heavy (non-hydrogen) atoms. The van der Waals surface area contributed by atoms with Crippen molar-refractivity contribution in [2.24, 2.45) is 0 Å². The van der Waals surface area contributed by atoms with Crippen molar-refractivity contribution in [3.05, 3.63) is 18.1 Å². The molecule has 1 aromatic heterocycles. The molecule has 0 saturated heterocycles. The molecule has 0 aliphatic carbocycles. The highest BCUT2D eigenvalue weighted by Gasteiger charge is 2.02. The third-order valence-electron chi connectivity index (χ3n) is 3.03. The van der Waals surface area contributed by atoms with Gasteiger partial charge in [-0.15, -0.1) is 0 Å². The van der Waals surface area contributed by atoms with Crippen LogP contribution in [0.2, 0.25) is 0 Å². The van der Waals surface area contributed by atoms with Crippen molar-refractivity contribution in [2.45, 2.75) is 58.3 Å². The Morgan fingerprint density at radius 1 is 0.941 bits per heavy atom. The summed E-state index contributed by atoms with van der Waals surface area (Å²) in [5.41, 5.74) is 1.10. The quantitative estimate of drug-likeness (QED) is 0.661. The Morgan fingerprint density at radius 2 is 1.59 bits per heavy atom. The zero-order chi connectivity index (χ0) is 12.3. The van der Waals surface area contributed by atoms with E-state index in [2.05, 4.69) is 22.2 Å². The van der Waals surface area contributed by atoms with E-state index in [9.17, 15) is 0 Å². The number of aryl methyl sites for hydroxylation is 1. The lowest BCUT2D eigenvalue weighted by Gasteiger charge is -2.06. The SMILES string of the molecule is CCCCCCCCCc1nccnc1NC. The normalized spacial score (nSPS) is 10.5. The van der Waals surface area contributed by atoms with Gasteiger partial charge in [-0.2, -0.15) is 0 Å². The van der Waals surface area contributed by atoms with E-state index in [0.717, 1.165) is 17.9 Å². The number of nitrogens with one attached hydrogen (secondary N) is 1. The Labute approximate surface area is 105 Å². The molecule has 0 amide bonds. The standard InChI is InChI=1S/C14H25N3/c1-3-4-5-6-7-8-9-10-13-14(15-2)17-12-11-16-13/h11-12H,3-10H2,1-2H3,(H,15,17). The summed E-state index contributed by atoms with van der Waals surface area (Å²) in [6.07, 6.45) is 13.9. The van der Waals surface area contributed by atoms with Gasteiger partial charge in [-0.3, -0.25) is 4.98 Å². The lowest BCUT2D eigenvalue weighted by Crippen LogP contribution is -2.01. The van der Waals surface area contributed by atoms with Crippen molar-refractivity contribution < 1.29 is 0 Å². The van der Waals surface area contributed by atoms with Gasteiger partial charge < -0.3 is 5.32 Å². The van der Waals surface area contributed by atoms with Crippen LogP contribution in [0.1, 0.15) is 57.6 Å². The van der Waals surface area contributed by atoms with Crippen LogP contribution >= 0.6 is 0 Å². The minimum Gasteiger partial charge on any atom is -0.372 e. The first-order chi connectivity index (χ1) is 8.38. The minimum atomic E-state index is 0.929. The first kappa shape index (κ1) is 13.9. The Bertz CT molecular complexity index is 299. The van der Waals surface area contributed by atoms with Crippen molar-refractivity contribution in [3.63, 3.8) is 0 Å².